The molecule has 1 heterocycles. The minimum Gasteiger partial charge on any atom is -0.488 e. The second-order valence-corrected chi connectivity index (χ2v) is 9.86. The van der Waals surface area contributed by atoms with Crippen molar-refractivity contribution in [2.24, 2.45) is 0 Å². The molecule has 0 bridgehead atoms. The summed E-state index contributed by atoms with van der Waals surface area (Å²) >= 11 is 14.3. The minimum atomic E-state index is 0.293. The molecule has 0 saturated carbocycles. The number of thioether (sulfide) groups is 1. The van der Waals surface area contributed by atoms with Gasteiger partial charge in [0.15, 0.2) is 0 Å². The van der Waals surface area contributed by atoms with Crippen molar-refractivity contribution in [1.82, 2.24) is 25.5 Å². The molecule has 0 unspecified atom stereocenters. The van der Waals surface area contributed by atoms with Crippen LogP contribution in [0.4, 0.5) is 0 Å². The molecule has 0 saturated heterocycles. The fourth-order valence-electron chi connectivity index (χ4n) is 3.88. The lowest BCUT2D eigenvalue weighted by molar-refractivity contribution is 0.303. The molecule has 6 nitrogen and oxygen atoms in total. The second kappa shape index (κ2) is 11.8. The zero-order valence-corrected chi connectivity index (χ0v) is 21.6. The van der Waals surface area contributed by atoms with Crippen LogP contribution in [0.25, 0.3) is 16.5 Å². The van der Waals surface area contributed by atoms with Crippen LogP contribution in [0.3, 0.4) is 0 Å². The highest BCUT2D eigenvalue weighted by molar-refractivity contribution is 7.99. The molecule has 36 heavy (non-hydrogen) atoms. The summed E-state index contributed by atoms with van der Waals surface area (Å²) in [6, 6.07) is 27.7. The van der Waals surface area contributed by atoms with Crippen molar-refractivity contribution in [3.63, 3.8) is 0 Å². The third kappa shape index (κ3) is 5.65. The van der Waals surface area contributed by atoms with E-state index in [1.54, 1.807) is 16.4 Å². The minimum absolute atomic E-state index is 0.293. The van der Waals surface area contributed by atoms with Crippen molar-refractivity contribution in [3.8, 4) is 11.4 Å². The van der Waals surface area contributed by atoms with Gasteiger partial charge >= 0.3 is 0 Å². The van der Waals surface area contributed by atoms with E-state index in [4.69, 9.17) is 27.9 Å². The topological polar surface area (TPSA) is 64.9 Å². The summed E-state index contributed by atoms with van der Waals surface area (Å²) in [5.74, 6) is 1.61. The lowest BCUT2D eigenvalue weighted by atomic mass is 10.0. The van der Waals surface area contributed by atoms with Gasteiger partial charge in [-0.25, -0.2) is 0 Å². The smallest absolute Gasteiger partial charge is 0.214 e. The third-order valence-electron chi connectivity index (χ3n) is 5.68. The fraction of sp³-hybridized carbons (Fsp3) is 0.148. The summed E-state index contributed by atoms with van der Waals surface area (Å²) in [5, 5.41) is 19.9. The first kappa shape index (κ1) is 24.6. The van der Waals surface area contributed by atoms with Crippen LogP contribution in [0.1, 0.15) is 11.1 Å². The Labute approximate surface area is 223 Å². The van der Waals surface area contributed by atoms with E-state index in [-0.39, 0.29) is 0 Å². The maximum atomic E-state index is 6.35. The maximum Gasteiger partial charge on any atom is 0.214 e. The van der Waals surface area contributed by atoms with Crippen LogP contribution >= 0.6 is 35.0 Å². The number of para-hydroxylation sites is 1. The number of aromatic nitrogens is 4. The van der Waals surface area contributed by atoms with Crippen LogP contribution in [-0.4, -0.2) is 32.5 Å². The van der Waals surface area contributed by atoms with Gasteiger partial charge in [0.1, 0.15) is 12.4 Å². The van der Waals surface area contributed by atoms with Gasteiger partial charge in [-0.05, 0) is 51.5 Å². The van der Waals surface area contributed by atoms with Gasteiger partial charge in [-0.1, -0.05) is 89.6 Å². The number of nitrogens with zero attached hydrogens (tertiary/aromatic N) is 4. The molecule has 0 aliphatic carbocycles. The molecule has 5 rings (SSSR count). The van der Waals surface area contributed by atoms with Crippen LogP contribution in [0.2, 0.25) is 10.0 Å². The molecule has 9 heteroatoms. The molecule has 0 aliphatic rings. The van der Waals surface area contributed by atoms with E-state index < -0.39 is 0 Å². The fourth-order valence-corrected chi connectivity index (χ4v) is 5.18. The zero-order valence-electron chi connectivity index (χ0n) is 19.3. The van der Waals surface area contributed by atoms with Gasteiger partial charge in [-0.2, -0.15) is 4.68 Å². The Bertz CT molecular complexity index is 1440. The zero-order chi connectivity index (χ0) is 24.7. The number of ether oxygens (including phenoxy) is 1. The van der Waals surface area contributed by atoms with E-state index in [9.17, 15) is 0 Å². The van der Waals surface area contributed by atoms with Crippen LogP contribution in [0.15, 0.2) is 90.1 Å². The van der Waals surface area contributed by atoms with Crippen molar-refractivity contribution in [2.75, 3.05) is 12.3 Å². The Hall–Kier alpha value is -3.10. The molecule has 1 N–H and O–H groups in total. The SMILES string of the molecule is Clc1cccc(Cl)c1COc1ccc2ccccc2c1CNCCSc1nnnn1-c1ccccc1. The Kier molecular flexibility index (Phi) is 8.03. The molecule has 5 aromatic rings. The average molecular weight is 536 g/mol. The van der Waals surface area contributed by atoms with Gasteiger partial charge in [-0.15, -0.1) is 5.10 Å². The largest absolute Gasteiger partial charge is 0.488 e. The Morgan fingerprint density at radius 1 is 0.833 bits per heavy atom. The number of halogens is 2. The molecule has 0 fully saturated rings. The number of nitrogens with one attached hydrogen (secondary N) is 1. The summed E-state index contributed by atoms with van der Waals surface area (Å²) in [5.41, 5.74) is 2.81. The number of rotatable bonds is 10. The highest BCUT2D eigenvalue weighted by atomic mass is 35.5. The van der Waals surface area contributed by atoms with Gasteiger partial charge in [0, 0.05) is 40.0 Å². The number of tetrazole rings is 1. The molecule has 0 aliphatic heterocycles. The molecular weight excluding hydrogens is 513 g/mol. The van der Waals surface area contributed by atoms with Crippen LogP contribution in [-0.2, 0) is 13.2 Å². The quantitative estimate of drug-likeness (QED) is 0.161. The van der Waals surface area contributed by atoms with Crippen LogP contribution in [0.5, 0.6) is 5.75 Å². The molecule has 0 radical (unpaired) electrons. The normalized spacial score (nSPS) is 11.2. The summed E-state index contributed by atoms with van der Waals surface area (Å²) in [6.07, 6.45) is 0. The first-order valence-corrected chi connectivity index (χ1v) is 13.2. The van der Waals surface area contributed by atoms with Gasteiger partial charge < -0.3 is 10.1 Å². The van der Waals surface area contributed by atoms with Crippen molar-refractivity contribution < 1.29 is 4.74 Å². The first-order valence-electron chi connectivity index (χ1n) is 11.4. The second-order valence-electron chi connectivity index (χ2n) is 7.99. The Morgan fingerprint density at radius 3 is 2.44 bits per heavy atom. The summed E-state index contributed by atoms with van der Waals surface area (Å²) in [7, 11) is 0. The Balaban J connectivity index is 1.25. The van der Waals surface area contributed by atoms with Gasteiger partial charge in [0.05, 0.1) is 5.69 Å². The number of benzene rings is 4. The van der Waals surface area contributed by atoms with Crippen molar-refractivity contribution in [1.29, 1.82) is 0 Å². The molecule has 0 amide bonds. The third-order valence-corrected chi connectivity index (χ3v) is 7.31. The van der Waals surface area contributed by atoms with Crippen LogP contribution < -0.4 is 10.1 Å². The number of hydrogen-bond donors (Lipinski definition) is 1. The van der Waals surface area contributed by atoms with Gasteiger partial charge in [0.25, 0.3) is 0 Å². The lowest BCUT2D eigenvalue weighted by Crippen LogP contribution is -2.18. The lowest BCUT2D eigenvalue weighted by Gasteiger charge is -2.16. The summed E-state index contributed by atoms with van der Waals surface area (Å²) in [4.78, 5) is 0. The molecule has 182 valence electrons. The highest BCUT2D eigenvalue weighted by Crippen LogP contribution is 2.31. The van der Waals surface area contributed by atoms with Crippen molar-refractivity contribution in [3.05, 3.63) is 106 Å². The van der Waals surface area contributed by atoms with E-state index in [2.05, 4.69) is 39.0 Å². The maximum absolute atomic E-state index is 6.35. The van der Waals surface area contributed by atoms with Gasteiger partial charge in [-0.3, -0.25) is 0 Å². The molecule has 1 aromatic heterocycles. The van der Waals surface area contributed by atoms with Crippen molar-refractivity contribution in [2.45, 2.75) is 18.3 Å². The summed E-state index contributed by atoms with van der Waals surface area (Å²) in [6.45, 7) is 1.71. The highest BCUT2D eigenvalue weighted by Gasteiger charge is 2.12. The van der Waals surface area contributed by atoms with Gasteiger partial charge in [0.2, 0.25) is 5.16 Å². The van der Waals surface area contributed by atoms with E-state index in [1.807, 2.05) is 66.7 Å². The van der Waals surface area contributed by atoms with E-state index in [1.165, 1.54) is 0 Å². The molecule has 4 aromatic carbocycles. The number of hydrogen-bond acceptors (Lipinski definition) is 6. The van der Waals surface area contributed by atoms with E-state index >= 15 is 0 Å². The monoisotopic (exact) mass is 535 g/mol. The standard InChI is InChI=1S/C27H23Cl2N5OS/c28-24-11-6-12-25(29)23(24)18-35-26-14-13-19-7-4-5-10-21(19)22(26)17-30-15-16-36-27-31-32-33-34(27)20-8-2-1-3-9-20/h1-14,30H,15-18H2. The van der Waals surface area contributed by atoms with Crippen molar-refractivity contribution >= 4 is 45.7 Å². The first-order chi connectivity index (χ1) is 17.7. The number of fused-ring (bicyclic) bond motifs is 1. The predicted molar refractivity (Wildman–Crippen MR) is 146 cm³/mol. The van der Waals surface area contributed by atoms with Crippen LogP contribution in [0, 0.1) is 0 Å². The van der Waals surface area contributed by atoms with E-state index in [0.29, 0.717) is 23.2 Å². The Morgan fingerprint density at radius 2 is 1.61 bits per heavy atom. The molecule has 0 atom stereocenters. The molecule has 0 spiro atoms. The molecular formula is C27H23Cl2N5OS. The van der Waals surface area contributed by atoms with E-state index in [0.717, 1.165) is 50.8 Å². The summed E-state index contributed by atoms with van der Waals surface area (Å²) < 4.78 is 7.98. The average Bonchev–Trinajstić information content (AvgIpc) is 3.38. The predicted octanol–water partition coefficient (Wildman–Crippen LogP) is 6.58.